The number of H-pyrrole nitrogens is 2. The van der Waals surface area contributed by atoms with Crippen LogP contribution in [0, 0.1) is 0 Å². The van der Waals surface area contributed by atoms with E-state index in [9.17, 15) is 19.5 Å². The number of carbonyl (C=O) groups excluding carboxylic acids is 1. The van der Waals surface area contributed by atoms with Gasteiger partial charge < -0.3 is 15.4 Å². The van der Waals surface area contributed by atoms with Gasteiger partial charge in [0.2, 0.25) is 0 Å². The third kappa shape index (κ3) is 2.51. The van der Waals surface area contributed by atoms with Crippen LogP contribution in [0.5, 0.6) is 0 Å². The maximum absolute atomic E-state index is 11.9. The highest BCUT2D eigenvalue weighted by molar-refractivity contribution is 5.92. The number of hydrogen-bond donors (Lipinski definition) is 4. The summed E-state index contributed by atoms with van der Waals surface area (Å²) in [5.74, 6) is -0.547. The summed E-state index contributed by atoms with van der Waals surface area (Å²) >= 11 is 0. The Kier molecular flexibility index (Phi) is 3.33. The van der Waals surface area contributed by atoms with Crippen LogP contribution in [0.4, 0.5) is 0 Å². The molecule has 1 heterocycles. The van der Waals surface area contributed by atoms with Gasteiger partial charge >= 0.3 is 5.69 Å². The monoisotopic (exact) mass is 253 g/mol. The fraction of sp³-hybridized carbons (Fsp3) is 0.545. The number of hydrogen-bond acceptors (Lipinski definition) is 4. The minimum atomic E-state index is -0.725. The SMILES string of the molecule is O=C(NC1(CO)CCCC1)c1cc(=O)[nH]c(=O)[nH]1. The number of rotatable bonds is 3. The van der Waals surface area contributed by atoms with Gasteiger partial charge in [0, 0.05) is 6.07 Å². The van der Waals surface area contributed by atoms with E-state index in [-0.39, 0.29) is 12.3 Å². The first kappa shape index (κ1) is 12.6. The molecule has 0 saturated heterocycles. The molecule has 4 N–H and O–H groups in total. The van der Waals surface area contributed by atoms with E-state index in [1.165, 1.54) is 0 Å². The lowest BCUT2D eigenvalue weighted by Gasteiger charge is -2.27. The Morgan fingerprint density at radius 3 is 2.56 bits per heavy atom. The third-order valence-corrected chi connectivity index (χ3v) is 3.25. The molecule has 1 aliphatic rings. The largest absolute Gasteiger partial charge is 0.394 e. The Labute approximate surface area is 102 Å². The predicted octanol–water partition coefficient (Wildman–Crippen LogP) is -0.902. The van der Waals surface area contributed by atoms with Gasteiger partial charge in [-0.25, -0.2) is 4.79 Å². The summed E-state index contributed by atoms with van der Waals surface area (Å²) in [4.78, 5) is 38.3. The molecule has 0 unspecified atom stereocenters. The molecule has 18 heavy (non-hydrogen) atoms. The van der Waals surface area contributed by atoms with Crippen LogP contribution in [0.25, 0.3) is 0 Å². The van der Waals surface area contributed by atoms with Gasteiger partial charge in [-0.1, -0.05) is 12.8 Å². The van der Waals surface area contributed by atoms with E-state index in [2.05, 4.69) is 10.3 Å². The summed E-state index contributed by atoms with van der Waals surface area (Å²) in [6.07, 6.45) is 3.27. The second kappa shape index (κ2) is 4.77. The number of aromatic amines is 2. The van der Waals surface area contributed by atoms with Crippen molar-refractivity contribution in [3.8, 4) is 0 Å². The fourth-order valence-corrected chi connectivity index (χ4v) is 2.27. The highest BCUT2D eigenvalue weighted by Gasteiger charge is 2.35. The molecule has 1 aliphatic carbocycles. The lowest BCUT2D eigenvalue weighted by Crippen LogP contribution is -2.49. The number of nitrogens with one attached hydrogen (secondary N) is 3. The van der Waals surface area contributed by atoms with Gasteiger partial charge in [0.15, 0.2) is 0 Å². The van der Waals surface area contributed by atoms with E-state index in [0.717, 1.165) is 18.9 Å². The van der Waals surface area contributed by atoms with Crippen molar-refractivity contribution in [2.75, 3.05) is 6.61 Å². The molecule has 0 aliphatic heterocycles. The van der Waals surface area contributed by atoms with Crippen molar-refractivity contribution < 1.29 is 9.90 Å². The second-order valence-electron chi connectivity index (χ2n) is 4.60. The first-order valence-electron chi connectivity index (χ1n) is 5.82. The molecular weight excluding hydrogens is 238 g/mol. The summed E-state index contributed by atoms with van der Waals surface area (Å²) in [5.41, 5.74) is -2.08. The molecule has 0 atom stereocenters. The number of aliphatic hydroxyl groups excluding tert-OH is 1. The van der Waals surface area contributed by atoms with E-state index in [4.69, 9.17) is 0 Å². The smallest absolute Gasteiger partial charge is 0.326 e. The lowest BCUT2D eigenvalue weighted by molar-refractivity contribution is 0.0833. The predicted molar refractivity (Wildman–Crippen MR) is 63.4 cm³/mol. The molecule has 0 radical (unpaired) electrons. The molecule has 1 aromatic rings. The van der Waals surface area contributed by atoms with Crippen molar-refractivity contribution >= 4 is 5.91 Å². The highest BCUT2D eigenvalue weighted by atomic mass is 16.3. The van der Waals surface area contributed by atoms with Crippen LogP contribution in [-0.4, -0.2) is 33.1 Å². The normalized spacial score (nSPS) is 17.6. The van der Waals surface area contributed by atoms with Crippen molar-refractivity contribution in [2.24, 2.45) is 0 Å². The van der Waals surface area contributed by atoms with Crippen LogP contribution < -0.4 is 16.6 Å². The number of aromatic nitrogens is 2. The number of aliphatic hydroxyl groups is 1. The average Bonchev–Trinajstić information content (AvgIpc) is 2.77. The molecule has 0 bridgehead atoms. The Morgan fingerprint density at radius 2 is 2.00 bits per heavy atom. The Hall–Kier alpha value is -1.89. The van der Waals surface area contributed by atoms with Crippen molar-refractivity contribution in [1.29, 1.82) is 0 Å². The zero-order valence-electron chi connectivity index (χ0n) is 9.78. The fourth-order valence-electron chi connectivity index (χ4n) is 2.27. The summed E-state index contributed by atoms with van der Waals surface area (Å²) in [6.45, 7) is -0.147. The van der Waals surface area contributed by atoms with Crippen LogP contribution in [-0.2, 0) is 0 Å². The zero-order valence-corrected chi connectivity index (χ0v) is 9.78. The average molecular weight is 253 g/mol. The van der Waals surface area contributed by atoms with Crippen LogP contribution >= 0.6 is 0 Å². The van der Waals surface area contributed by atoms with Crippen LogP contribution in [0.2, 0.25) is 0 Å². The molecule has 0 aromatic carbocycles. The topological polar surface area (TPSA) is 115 Å². The molecule has 1 amide bonds. The minimum absolute atomic E-state index is 0.0940. The second-order valence-corrected chi connectivity index (χ2v) is 4.60. The molecule has 98 valence electrons. The van der Waals surface area contributed by atoms with Crippen molar-refractivity contribution in [2.45, 2.75) is 31.2 Å². The van der Waals surface area contributed by atoms with Crippen LogP contribution in [0.15, 0.2) is 15.7 Å². The molecule has 2 rings (SSSR count). The van der Waals surface area contributed by atoms with E-state index < -0.39 is 22.7 Å². The van der Waals surface area contributed by atoms with Gasteiger partial charge in [0.25, 0.3) is 11.5 Å². The molecule has 1 fully saturated rings. The molecule has 7 heteroatoms. The third-order valence-electron chi connectivity index (χ3n) is 3.25. The van der Waals surface area contributed by atoms with Gasteiger partial charge in [0.05, 0.1) is 12.1 Å². The molecule has 1 saturated carbocycles. The van der Waals surface area contributed by atoms with Gasteiger partial charge in [-0.3, -0.25) is 14.6 Å². The first-order chi connectivity index (χ1) is 8.54. The molecule has 1 aromatic heterocycles. The molecule has 0 spiro atoms. The minimum Gasteiger partial charge on any atom is -0.394 e. The van der Waals surface area contributed by atoms with Gasteiger partial charge in [-0.15, -0.1) is 0 Å². The van der Waals surface area contributed by atoms with Crippen LogP contribution in [0.3, 0.4) is 0 Å². The summed E-state index contributed by atoms with van der Waals surface area (Å²) < 4.78 is 0. The van der Waals surface area contributed by atoms with Crippen molar-refractivity contribution in [3.63, 3.8) is 0 Å². The Balaban J connectivity index is 2.21. The van der Waals surface area contributed by atoms with E-state index in [0.29, 0.717) is 12.8 Å². The zero-order chi connectivity index (χ0) is 13.2. The van der Waals surface area contributed by atoms with Gasteiger partial charge in [-0.2, -0.15) is 0 Å². The van der Waals surface area contributed by atoms with Crippen molar-refractivity contribution in [1.82, 2.24) is 15.3 Å². The van der Waals surface area contributed by atoms with E-state index in [1.54, 1.807) is 0 Å². The Bertz CT molecular complexity index is 526. The molecular formula is C11H15N3O4. The lowest BCUT2D eigenvalue weighted by atomic mass is 9.99. The highest BCUT2D eigenvalue weighted by Crippen LogP contribution is 2.29. The first-order valence-corrected chi connectivity index (χ1v) is 5.82. The maximum atomic E-state index is 11.9. The van der Waals surface area contributed by atoms with Crippen molar-refractivity contribution in [3.05, 3.63) is 32.6 Å². The maximum Gasteiger partial charge on any atom is 0.326 e. The standard InChI is InChI=1S/C11H15N3O4/c15-6-11(3-1-2-4-11)14-9(17)7-5-8(16)13-10(18)12-7/h5,15H,1-4,6H2,(H,14,17)(H2,12,13,16,18). The van der Waals surface area contributed by atoms with Crippen LogP contribution in [0.1, 0.15) is 36.2 Å². The Morgan fingerprint density at radius 1 is 1.33 bits per heavy atom. The summed E-state index contributed by atoms with van der Waals surface area (Å²) in [7, 11) is 0. The van der Waals surface area contributed by atoms with Gasteiger partial charge in [0.1, 0.15) is 5.69 Å². The quantitative estimate of drug-likeness (QED) is 0.558. The summed E-state index contributed by atoms with van der Waals surface area (Å²) in [6, 6.07) is 1.02. The van der Waals surface area contributed by atoms with E-state index in [1.807, 2.05) is 4.98 Å². The van der Waals surface area contributed by atoms with E-state index >= 15 is 0 Å². The number of carbonyl (C=O) groups is 1. The molecule has 7 nitrogen and oxygen atoms in total. The number of amides is 1. The van der Waals surface area contributed by atoms with Gasteiger partial charge in [-0.05, 0) is 12.8 Å². The summed E-state index contributed by atoms with van der Waals surface area (Å²) in [5, 5.41) is 12.1.